The molecule has 0 unspecified atom stereocenters. The summed E-state index contributed by atoms with van der Waals surface area (Å²) in [5, 5.41) is 4.41. The van der Waals surface area contributed by atoms with E-state index in [0.29, 0.717) is 11.7 Å². The first kappa shape index (κ1) is 15.3. The van der Waals surface area contributed by atoms with Gasteiger partial charge in [0, 0.05) is 18.0 Å². The molecule has 0 fully saturated rings. The van der Waals surface area contributed by atoms with Crippen LogP contribution >= 0.6 is 0 Å². The summed E-state index contributed by atoms with van der Waals surface area (Å²) >= 11 is 0. The van der Waals surface area contributed by atoms with Crippen LogP contribution in [0.4, 0.5) is 0 Å². The first-order valence-corrected chi connectivity index (χ1v) is 7.50. The van der Waals surface area contributed by atoms with Crippen LogP contribution in [0.25, 0.3) is 11.4 Å². The Morgan fingerprint density at radius 2 is 1.87 bits per heavy atom. The Bertz CT molecular complexity index is 866. The minimum Gasteiger partial charge on any atom is -0.447 e. The summed E-state index contributed by atoms with van der Waals surface area (Å²) in [6, 6.07) is 9.62. The number of rotatable bonds is 3. The molecule has 2 aromatic heterocycles. The standard InChI is InChI=1S/C17H20N4O2/c1-17(2,3)13-11-23-14(18-13)10-21-16(22)20(4)15(19-21)12-8-6-5-7-9-12/h5-9,11H,10H2,1-4H3. The largest absolute Gasteiger partial charge is 0.447 e. The number of nitrogens with zero attached hydrogens (tertiary/aromatic N) is 4. The van der Waals surface area contributed by atoms with Gasteiger partial charge in [0.05, 0.1) is 5.69 Å². The molecule has 23 heavy (non-hydrogen) atoms. The molecular weight excluding hydrogens is 292 g/mol. The van der Waals surface area contributed by atoms with E-state index in [1.165, 1.54) is 9.25 Å². The van der Waals surface area contributed by atoms with Gasteiger partial charge in [0.15, 0.2) is 5.82 Å². The molecule has 0 aliphatic heterocycles. The fraction of sp³-hybridized carbons (Fsp3) is 0.353. The second kappa shape index (κ2) is 5.53. The Kier molecular flexibility index (Phi) is 3.67. The maximum atomic E-state index is 12.4. The highest BCUT2D eigenvalue weighted by Crippen LogP contribution is 2.21. The molecule has 0 N–H and O–H groups in total. The molecule has 0 saturated carbocycles. The van der Waals surface area contributed by atoms with E-state index in [1.54, 1.807) is 13.3 Å². The summed E-state index contributed by atoms with van der Waals surface area (Å²) in [6.45, 7) is 6.41. The van der Waals surface area contributed by atoms with E-state index in [2.05, 4.69) is 30.9 Å². The van der Waals surface area contributed by atoms with Gasteiger partial charge in [-0.05, 0) is 0 Å². The highest BCUT2D eigenvalue weighted by atomic mass is 16.3. The van der Waals surface area contributed by atoms with Crippen LogP contribution in [-0.2, 0) is 19.0 Å². The summed E-state index contributed by atoms with van der Waals surface area (Å²) in [4.78, 5) is 16.8. The zero-order valence-corrected chi connectivity index (χ0v) is 13.8. The molecule has 0 bridgehead atoms. The van der Waals surface area contributed by atoms with E-state index in [-0.39, 0.29) is 17.6 Å². The molecule has 0 radical (unpaired) electrons. The Morgan fingerprint density at radius 1 is 1.17 bits per heavy atom. The van der Waals surface area contributed by atoms with E-state index >= 15 is 0 Å². The Hall–Kier alpha value is -2.63. The third-order valence-electron chi connectivity index (χ3n) is 3.68. The molecule has 3 aromatic rings. The maximum absolute atomic E-state index is 12.4. The Labute approximate surface area is 134 Å². The lowest BCUT2D eigenvalue weighted by Gasteiger charge is -2.12. The van der Waals surface area contributed by atoms with Crippen molar-refractivity contribution in [3.05, 3.63) is 58.7 Å². The summed E-state index contributed by atoms with van der Waals surface area (Å²) < 4.78 is 8.39. The molecule has 6 heteroatoms. The lowest BCUT2D eigenvalue weighted by atomic mass is 9.93. The number of hydrogen-bond acceptors (Lipinski definition) is 4. The number of aromatic nitrogens is 4. The van der Waals surface area contributed by atoms with Gasteiger partial charge in [-0.15, -0.1) is 5.10 Å². The molecule has 2 heterocycles. The molecule has 0 aliphatic carbocycles. The molecule has 0 saturated heterocycles. The Balaban J connectivity index is 1.93. The SMILES string of the molecule is Cn1c(-c2ccccc2)nn(Cc2nc(C(C)(C)C)co2)c1=O. The van der Waals surface area contributed by atoms with Gasteiger partial charge >= 0.3 is 5.69 Å². The van der Waals surface area contributed by atoms with Crippen molar-refractivity contribution in [2.24, 2.45) is 7.05 Å². The van der Waals surface area contributed by atoms with Crippen molar-refractivity contribution in [2.45, 2.75) is 32.7 Å². The van der Waals surface area contributed by atoms with Crippen LogP contribution < -0.4 is 5.69 Å². The van der Waals surface area contributed by atoms with Gasteiger partial charge in [-0.1, -0.05) is 51.1 Å². The molecule has 0 amide bonds. The van der Waals surface area contributed by atoms with Crippen molar-refractivity contribution in [3.63, 3.8) is 0 Å². The van der Waals surface area contributed by atoms with Crippen LogP contribution in [0, 0.1) is 0 Å². The van der Waals surface area contributed by atoms with E-state index in [0.717, 1.165) is 11.3 Å². The van der Waals surface area contributed by atoms with Crippen LogP contribution in [0.5, 0.6) is 0 Å². The van der Waals surface area contributed by atoms with Gasteiger partial charge in [0.1, 0.15) is 12.8 Å². The van der Waals surface area contributed by atoms with Crippen LogP contribution in [0.1, 0.15) is 32.4 Å². The molecule has 1 aromatic carbocycles. The van der Waals surface area contributed by atoms with Crippen LogP contribution in [-0.4, -0.2) is 19.3 Å². The van der Waals surface area contributed by atoms with Crippen LogP contribution in [0.2, 0.25) is 0 Å². The third-order valence-corrected chi connectivity index (χ3v) is 3.68. The van der Waals surface area contributed by atoms with Gasteiger partial charge < -0.3 is 4.42 Å². The van der Waals surface area contributed by atoms with Gasteiger partial charge in [-0.3, -0.25) is 4.57 Å². The van der Waals surface area contributed by atoms with E-state index in [9.17, 15) is 4.79 Å². The molecule has 6 nitrogen and oxygen atoms in total. The van der Waals surface area contributed by atoms with Crippen LogP contribution in [0.15, 0.2) is 45.8 Å². The van der Waals surface area contributed by atoms with Gasteiger partial charge in [0.2, 0.25) is 5.89 Å². The second-order valence-corrected chi connectivity index (χ2v) is 6.57. The Morgan fingerprint density at radius 3 is 2.48 bits per heavy atom. The molecule has 0 aliphatic rings. The zero-order chi connectivity index (χ0) is 16.6. The van der Waals surface area contributed by atoms with E-state index < -0.39 is 0 Å². The first-order chi connectivity index (χ1) is 10.9. The summed E-state index contributed by atoms with van der Waals surface area (Å²) in [6.07, 6.45) is 1.64. The van der Waals surface area contributed by atoms with Crippen molar-refractivity contribution in [2.75, 3.05) is 0 Å². The molecule has 3 rings (SSSR count). The molecule has 0 atom stereocenters. The van der Waals surface area contributed by atoms with Gasteiger partial charge in [-0.25, -0.2) is 14.5 Å². The minimum absolute atomic E-state index is 0.0912. The van der Waals surface area contributed by atoms with Crippen molar-refractivity contribution >= 4 is 0 Å². The number of oxazole rings is 1. The highest BCUT2D eigenvalue weighted by molar-refractivity contribution is 5.54. The minimum atomic E-state index is -0.195. The molecule has 120 valence electrons. The average Bonchev–Trinajstić information content (AvgIpc) is 3.09. The average molecular weight is 312 g/mol. The van der Waals surface area contributed by atoms with Crippen molar-refractivity contribution in [1.82, 2.24) is 19.3 Å². The third kappa shape index (κ3) is 2.97. The van der Waals surface area contributed by atoms with Crippen molar-refractivity contribution in [1.29, 1.82) is 0 Å². The summed E-state index contributed by atoms with van der Waals surface area (Å²) in [5.74, 6) is 1.10. The quantitative estimate of drug-likeness (QED) is 0.745. The van der Waals surface area contributed by atoms with Gasteiger partial charge in [0.25, 0.3) is 0 Å². The predicted octanol–water partition coefficient (Wildman–Crippen LogP) is 2.58. The molecule has 0 spiro atoms. The summed E-state index contributed by atoms with van der Waals surface area (Å²) in [5.41, 5.74) is 1.47. The monoisotopic (exact) mass is 312 g/mol. The maximum Gasteiger partial charge on any atom is 0.346 e. The lowest BCUT2D eigenvalue weighted by Crippen LogP contribution is -2.24. The normalized spacial score (nSPS) is 11.8. The van der Waals surface area contributed by atoms with Crippen LogP contribution in [0.3, 0.4) is 0 Å². The fourth-order valence-electron chi connectivity index (χ4n) is 2.29. The smallest absolute Gasteiger partial charge is 0.346 e. The lowest BCUT2D eigenvalue weighted by molar-refractivity contribution is 0.458. The van der Waals surface area contributed by atoms with Gasteiger partial charge in [-0.2, -0.15) is 0 Å². The number of hydrogen-bond donors (Lipinski definition) is 0. The first-order valence-electron chi connectivity index (χ1n) is 7.50. The van der Waals surface area contributed by atoms with Crippen molar-refractivity contribution < 1.29 is 4.42 Å². The second-order valence-electron chi connectivity index (χ2n) is 6.57. The zero-order valence-electron chi connectivity index (χ0n) is 13.8. The van der Waals surface area contributed by atoms with E-state index in [1.807, 2.05) is 30.3 Å². The molecular formula is C17H20N4O2. The topological polar surface area (TPSA) is 65.8 Å². The number of benzene rings is 1. The van der Waals surface area contributed by atoms with E-state index in [4.69, 9.17) is 4.42 Å². The van der Waals surface area contributed by atoms with Crippen molar-refractivity contribution in [3.8, 4) is 11.4 Å². The predicted molar refractivity (Wildman–Crippen MR) is 87.2 cm³/mol. The summed E-state index contributed by atoms with van der Waals surface area (Å²) in [7, 11) is 1.71. The fourth-order valence-corrected chi connectivity index (χ4v) is 2.29. The highest BCUT2D eigenvalue weighted by Gasteiger charge is 2.20.